The van der Waals surface area contributed by atoms with Gasteiger partial charge in [0.15, 0.2) is 0 Å². The lowest BCUT2D eigenvalue weighted by atomic mass is 9.64. The van der Waals surface area contributed by atoms with Crippen molar-refractivity contribution in [2.45, 2.75) is 17.8 Å². The van der Waals surface area contributed by atoms with Crippen molar-refractivity contribution in [3.05, 3.63) is 354 Å². The van der Waals surface area contributed by atoms with Crippen LogP contribution in [0.25, 0.3) is 44.5 Å². The van der Waals surface area contributed by atoms with Crippen molar-refractivity contribution in [1.82, 2.24) is 0 Å². The maximum atomic E-state index is 3.92. The average Bonchev–Trinajstić information content (AvgIpc) is 4.16. The zero-order valence-corrected chi connectivity index (χ0v) is 42.9. The molecule has 364 valence electrons. The number of anilines is 5. The topological polar surface area (TPSA) is 6.48 Å². The lowest BCUT2D eigenvalue weighted by Crippen LogP contribution is -2.36. The fraction of sp³-hybridized carbons (Fsp3) is 0.0400. The van der Waals surface area contributed by atoms with E-state index in [4.69, 9.17) is 0 Å². The molecule has 2 aliphatic carbocycles. The van der Waals surface area contributed by atoms with Gasteiger partial charge in [0, 0.05) is 28.3 Å². The smallest absolute Gasteiger partial charge is 0.0754 e. The van der Waals surface area contributed by atoms with Crippen molar-refractivity contribution in [3.8, 4) is 44.5 Å². The highest BCUT2D eigenvalue weighted by atomic mass is 15.2. The summed E-state index contributed by atoms with van der Waals surface area (Å²) in [6.45, 7) is 6.13. The van der Waals surface area contributed by atoms with Gasteiger partial charge >= 0.3 is 0 Å². The van der Waals surface area contributed by atoms with Gasteiger partial charge < -0.3 is 9.80 Å². The lowest BCUT2D eigenvalue weighted by molar-refractivity contribution is 0.749. The molecule has 0 radical (unpaired) electrons. The minimum Gasteiger partial charge on any atom is -0.314 e. The van der Waals surface area contributed by atoms with Crippen LogP contribution in [0.2, 0.25) is 0 Å². The van der Waals surface area contributed by atoms with E-state index in [1.165, 1.54) is 94.8 Å². The van der Waals surface area contributed by atoms with E-state index < -0.39 is 10.8 Å². The molecule has 0 N–H and O–H groups in total. The molecule has 77 heavy (non-hydrogen) atoms. The minimum atomic E-state index is -0.550. The van der Waals surface area contributed by atoms with Crippen LogP contribution in [0.5, 0.6) is 0 Å². The van der Waals surface area contributed by atoms with Gasteiger partial charge in [-0.15, -0.1) is 0 Å². The lowest BCUT2D eigenvalue weighted by Gasteiger charge is -2.45. The maximum Gasteiger partial charge on any atom is 0.0754 e. The quantitative estimate of drug-likeness (QED) is 0.119. The second kappa shape index (κ2) is 18.6. The van der Waals surface area contributed by atoms with Crippen molar-refractivity contribution in [1.29, 1.82) is 0 Å². The third kappa shape index (κ3) is 7.03. The van der Waals surface area contributed by atoms with E-state index in [1.54, 1.807) is 0 Å². The van der Waals surface area contributed by atoms with Crippen LogP contribution >= 0.6 is 0 Å². The molecule has 2 nitrogen and oxygen atoms in total. The van der Waals surface area contributed by atoms with E-state index in [2.05, 4.69) is 308 Å². The number of fused-ring (bicyclic) bond motifs is 8. The first-order valence-corrected chi connectivity index (χ1v) is 26.7. The third-order valence-corrected chi connectivity index (χ3v) is 16.4. The first-order chi connectivity index (χ1) is 38.1. The summed E-state index contributed by atoms with van der Waals surface area (Å²) in [7, 11) is 0. The molecule has 0 amide bonds. The van der Waals surface area contributed by atoms with E-state index in [9.17, 15) is 0 Å². The van der Waals surface area contributed by atoms with E-state index in [1.807, 2.05) is 12.2 Å². The Bertz CT molecular complexity index is 4080. The molecule has 0 aromatic heterocycles. The van der Waals surface area contributed by atoms with Gasteiger partial charge in [-0.2, -0.15) is 0 Å². The minimum absolute atomic E-state index is 0.535. The van der Waals surface area contributed by atoms with Gasteiger partial charge in [0.25, 0.3) is 0 Å². The third-order valence-electron chi connectivity index (χ3n) is 16.4. The largest absolute Gasteiger partial charge is 0.314 e. The first-order valence-electron chi connectivity index (χ1n) is 26.7. The Balaban J connectivity index is 0.936. The Kier molecular flexibility index (Phi) is 11.0. The van der Waals surface area contributed by atoms with Crippen LogP contribution in [0.4, 0.5) is 28.4 Å². The van der Waals surface area contributed by atoms with Crippen LogP contribution < -0.4 is 9.80 Å². The Morgan fingerprint density at radius 1 is 0.364 bits per heavy atom. The zero-order valence-electron chi connectivity index (χ0n) is 42.9. The molecular formula is C75H54N2. The predicted octanol–water partition coefficient (Wildman–Crippen LogP) is 19.3. The molecule has 3 aliphatic rings. The summed E-state index contributed by atoms with van der Waals surface area (Å²) in [5.74, 6) is 0. The average molecular weight is 983 g/mol. The molecule has 1 aliphatic heterocycles. The second-order valence-corrected chi connectivity index (χ2v) is 20.4. The molecule has 14 rings (SSSR count). The van der Waals surface area contributed by atoms with Crippen LogP contribution in [0.15, 0.2) is 310 Å². The molecule has 11 aromatic carbocycles. The molecule has 0 spiro atoms. The highest BCUT2D eigenvalue weighted by Crippen LogP contribution is 2.65. The fourth-order valence-corrected chi connectivity index (χ4v) is 13.3. The predicted molar refractivity (Wildman–Crippen MR) is 322 cm³/mol. The summed E-state index contributed by atoms with van der Waals surface area (Å²) in [4.78, 5) is 4.89. The summed E-state index contributed by atoms with van der Waals surface area (Å²) >= 11 is 0. The number of rotatable bonds is 11. The monoisotopic (exact) mass is 982 g/mol. The van der Waals surface area contributed by atoms with Gasteiger partial charge in [0.2, 0.25) is 0 Å². The molecule has 0 bridgehead atoms. The maximum absolute atomic E-state index is 3.92. The number of nitrogens with zero attached hydrogens (tertiary/aromatic N) is 2. The van der Waals surface area contributed by atoms with Crippen LogP contribution in [-0.2, 0) is 10.8 Å². The molecule has 0 fully saturated rings. The Hall–Kier alpha value is -9.76. The van der Waals surface area contributed by atoms with Crippen molar-refractivity contribution >= 4 is 28.4 Å². The van der Waals surface area contributed by atoms with E-state index in [-0.39, 0.29) is 0 Å². The summed E-state index contributed by atoms with van der Waals surface area (Å²) in [5, 5.41) is 0. The molecule has 0 saturated heterocycles. The van der Waals surface area contributed by atoms with Crippen molar-refractivity contribution in [2.24, 2.45) is 0 Å². The molecule has 0 saturated carbocycles. The molecular weight excluding hydrogens is 929 g/mol. The van der Waals surface area contributed by atoms with Crippen molar-refractivity contribution < 1.29 is 0 Å². The SMILES string of the molecule is C=C/C=C\C=C(/C)N1c2ccccc2C2(c3ccccc3)c3cc(-c4ccc(N(c5cccc(-c6ccccc6)c5)c5ccc6c(c5)C(c5ccccc5)(c5ccccc5)c5ccccc5-6)cc4)ccc3-c3cccc1c32. The van der Waals surface area contributed by atoms with Crippen LogP contribution in [0.3, 0.4) is 0 Å². The molecule has 1 unspecified atom stereocenters. The summed E-state index contributed by atoms with van der Waals surface area (Å²) in [6.07, 6.45) is 8.08. The zero-order chi connectivity index (χ0) is 51.5. The van der Waals surface area contributed by atoms with Gasteiger partial charge in [0.05, 0.1) is 22.2 Å². The molecule has 1 heterocycles. The number of hydrogen-bond donors (Lipinski definition) is 0. The van der Waals surface area contributed by atoms with Gasteiger partial charge in [-0.05, 0) is 151 Å². The Morgan fingerprint density at radius 2 is 0.844 bits per heavy atom. The molecule has 2 heteroatoms. The number of benzene rings is 11. The van der Waals surface area contributed by atoms with Crippen LogP contribution in [0.1, 0.15) is 51.4 Å². The van der Waals surface area contributed by atoms with Gasteiger partial charge in [-0.1, -0.05) is 243 Å². The highest BCUT2D eigenvalue weighted by molar-refractivity contribution is 5.99. The van der Waals surface area contributed by atoms with E-state index in [0.29, 0.717) is 0 Å². The number of para-hydroxylation sites is 1. The Labute approximate surface area is 452 Å². The Morgan fingerprint density at radius 3 is 1.56 bits per heavy atom. The van der Waals surface area contributed by atoms with Gasteiger partial charge in [0.1, 0.15) is 0 Å². The molecule has 11 aromatic rings. The second-order valence-electron chi connectivity index (χ2n) is 20.4. The normalized spacial score (nSPS) is 15.3. The van der Waals surface area contributed by atoms with E-state index in [0.717, 1.165) is 28.3 Å². The first kappa shape index (κ1) is 45.8. The summed E-state index contributed by atoms with van der Waals surface area (Å²) in [6, 6.07) is 101. The highest BCUT2D eigenvalue weighted by Gasteiger charge is 2.52. The van der Waals surface area contributed by atoms with E-state index >= 15 is 0 Å². The molecule has 1 atom stereocenters. The van der Waals surface area contributed by atoms with Gasteiger partial charge in [-0.25, -0.2) is 0 Å². The standard InChI is InChI=1S/C75H54N2/c1-3-4-9-24-52(2)76-71-39-21-20-38-68(71)75(59-32-16-8-17-33-59)69-50-56(43-47-65(69)66-36-23-40-72(76)73(66)75)54-41-44-60(45-42-54)77(61-34-22-27-55(49-61)53-25-10-5-11-26-53)62-46-48-64-63-35-18-19-37-67(63)74(70(64)51-62,57-28-12-6-13-29-57)58-30-14-7-15-31-58/h3-51H,1H2,2H3/b9-4-,52-24+. The number of allylic oxidation sites excluding steroid dienone is 5. The number of hydrogen-bond acceptors (Lipinski definition) is 2. The summed E-state index contributed by atoms with van der Waals surface area (Å²) in [5.41, 5.74) is 25.6. The van der Waals surface area contributed by atoms with Crippen LogP contribution in [-0.4, -0.2) is 0 Å². The van der Waals surface area contributed by atoms with Crippen molar-refractivity contribution in [3.63, 3.8) is 0 Å². The fourth-order valence-electron chi connectivity index (χ4n) is 13.3. The van der Waals surface area contributed by atoms with Crippen molar-refractivity contribution in [2.75, 3.05) is 9.80 Å². The van der Waals surface area contributed by atoms with Gasteiger partial charge in [-0.3, -0.25) is 0 Å². The summed E-state index contributed by atoms with van der Waals surface area (Å²) < 4.78 is 0. The van der Waals surface area contributed by atoms with Crippen LogP contribution in [0, 0.1) is 0 Å².